The summed E-state index contributed by atoms with van der Waals surface area (Å²) in [7, 11) is 0. The van der Waals surface area contributed by atoms with Crippen molar-refractivity contribution < 1.29 is 19.1 Å². The van der Waals surface area contributed by atoms with Gasteiger partial charge in [0.25, 0.3) is 11.8 Å². The minimum absolute atomic E-state index is 0. The van der Waals surface area contributed by atoms with Gasteiger partial charge in [0.2, 0.25) is 0 Å². The van der Waals surface area contributed by atoms with Gasteiger partial charge in [-0.15, -0.1) is 12.4 Å². The summed E-state index contributed by atoms with van der Waals surface area (Å²) in [6.07, 6.45) is 0. The van der Waals surface area contributed by atoms with Crippen LogP contribution in [0.4, 0.5) is 5.69 Å². The number of nitrogens with one attached hydrogen (secondary N) is 3. The largest absolute Gasteiger partial charge is 0.423 e. The van der Waals surface area contributed by atoms with Gasteiger partial charge in [0.1, 0.15) is 5.75 Å². The highest BCUT2D eigenvalue weighted by molar-refractivity contribution is 6.21. The van der Waals surface area contributed by atoms with Crippen LogP contribution >= 0.6 is 12.4 Å². The number of hydrogen-bond acceptors (Lipinski definition) is 5. The maximum Gasteiger partial charge on any atom is 0.343 e. The monoisotopic (exact) mass is 360 g/mol. The Morgan fingerprint density at radius 1 is 1.04 bits per heavy atom. The Kier molecular flexibility index (Phi) is 5.04. The van der Waals surface area contributed by atoms with Crippen LogP contribution in [0, 0.1) is 5.41 Å². The Morgan fingerprint density at radius 2 is 1.68 bits per heavy atom. The minimum Gasteiger partial charge on any atom is -0.423 e. The van der Waals surface area contributed by atoms with E-state index in [-0.39, 0.29) is 40.8 Å². The summed E-state index contributed by atoms with van der Waals surface area (Å²) in [6.45, 7) is 0. The number of carbonyl (C=O) groups excluding carboxylic acids is 3. The average molecular weight is 361 g/mol. The van der Waals surface area contributed by atoms with Crippen LogP contribution in [0.2, 0.25) is 0 Å². The van der Waals surface area contributed by atoms with E-state index in [1.807, 2.05) is 0 Å². The van der Waals surface area contributed by atoms with Gasteiger partial charge in [0.05, 0.1) is 16.7 Å². The lowest BCUT2D eigenvalue weighted by atomic mass is 10.1. The molecule has 2 amide bonds. The summed E-state index contributed by atoms with van der Waals surface area (Å²) in [5.41, 5.74) is 6.48. The molecular weight excluding hydrogens is 348 g/mol. The molecule has 8 nitrogen and oxygen atoms in total. The number of guanidine groups is 1. The first kappa shape index (κ1) is 18.0. The second-order valence-electron chi connectivity index (χ2n) is 5.00. The molecule has 1 aliphatic rings. The van der Waals surface area contributed by atoms with Crippen LogP contribution in [-0.4, -0.2) is 23.7 Å². The zero-order chi connectivity index (χ0) is 17.3. The highest BCUT2D eigenvalue weighted by Crippen LogP contribution is 2.22. The molecule has 128 valence electrons. The first-order valence-corrected chi connectivity index (χ1v) is 6.87. The molecule has 0 saturated heterocycles. The molecule has 1 aliphatic heterocycles. The van der Waals surface area contributed by atoms with Crippen LogP contribution in [0.1, 0.15) is 31.1 Å². The maximum absolute atomic E-state index is 12.1. The Morgan fingerprint density at radius 3 is 2.32 bits per heavy atom. The second-order valence-corrected chi connectivity index (χ2v) is 5.00. The molecule has 2 aromatic carbocycles. The van der Waals surface area contributed by atoms with Gasteiger partial charge < -0.3 is 15.8 Å². The van der Waals surface area contributed by atoms with E-state index in [2.05, 4.69) is 10.6 Å². The van der Waals surface area contributed by atoms with Gasteiger partial charge in [0.15, 0.2) is 5.96 Å². The van der Waals surface area contributed by atoms with Crippen molar-refractivity contribution in [2.45, 2.75) is 0 Å². The van der Waals surface area contributed by atoms with Gasteiger partial charge >= 0.3 is 5.97 Å². The van der Waals surface area contributed by atoms with Crippen LogP contribution < -0.4 is 21.1 Å². The zero-order valence-electron chi connectivity index (χ0n) is 12.7. The predicted octanol–water partition coefficient (Wildman–Crippen LogP) is 1.52. The molecule has 0 atom stereocenters. The molecular formula is C16H13ClN4O4. The van der Waals surface area contributed by atoms with E-state index in [9.17, 15) is 14.4 Å². The lowest BCUT2D eigenvalue weighted by Crippen LogP contribution is -2.20. The lowest BCUT2D eigenvalue weighted by Gasteiger charge is -2.07. The number of amides is 2. The molecule has 0 bridgehead atoms. The third-order valence-electron chi connectivity index (χ3n) is 3.32. The summed E-state index contributed by atoms with van der Waals surface area (Å²) >= 11 is 0. The molecule has 1 heterocycles. The standard InChI is InChI=1S/C16H12N4O4.ClH/c17-16(18)19-9-3-1-8(2-4-9)15(23)24-10-5-6-11-12(7-10)14(22)20-13(11)21;/h1-7H,(H4,17,18,19)(H,20,21,22);1H. The van der Waals surface area contributed by atoms with Crippen LogP contribution in [0.25, 0.3) is 0 Å². The van der Waals surface area contributed by atoms with Gasteiger partial charge in [0, 0.05) is 5.69 Å². The number of halogens is 1. The van der Waals surface area contributed by atoms with Crippen molar-refractivity contribution in [2.75, 3.05) is 5.32 Å². The number of nitrogens with two attached hydrogens (primary N) is 1. The third-order valence-corrected chi connectivity index (χ3v) is 3.32. The maximum atomic E-state index is 12.1. The summed E-state index contributed by atoms with van der Waals surface area (Å²) in [5, 5.41) is 11.9. The SMILES string of the molecule is Cl.N=C(N)Nc1ccc(C(=O)Oc2ccc3c(c2)C(=O)NC3=O)cc1. The fourth-order valence-corrected chi connectivity index (χ4v) is 2.22. The van der Waals surface area contributed by atoms with E-state index >= 15 is 0 Å². The molecule has 5 N–H and O–H groups in total. The Labute approximate surface area is 148 Å². The second kappa shape index (κ2) is 7.02. The Bertz CT molecular complexity index is 880. The average Bonchev–Trinajstić information content (AvgIpc) is 2.82. The number of esters is 1. The lowest BCUT2D eigenvalue weighted by molar-refractivity contribution is 0.0733. The van der Waals surface area contributed by atoms with E-state index in [1.165, 1.54) is 30.3 Å². The number of carbonyl (C=O) groups is 3. The van der Waals surface area contributed by atoms with Crippen LogP contribution in [-0.2, 0) is 0 Å². The summed E-state index contributed by atoms with van der Waals surface area (Å²) < 4.78 is 5.21. The fraction of sp³-hybridized carbons (Fsp3) is 0. The quantitative estimate of drug-likeness (QED) is 0.215. The first-order chi connectivity index (χ1) is 11.4. The van der Waals surface area contributed by atoms with Crippen LogP contribution in [0.5, 0.6) is 5.75 Å². The predicted molar refractivity (Wildman–Crippen MR) is 92.4 cm³/mol. The molecule has 0 aliphatic carbocycles. The third kappa shape index (κ3) is 3.75. The molecule has 0 spiro atoms. The molecule has 25 heavy (non-hydrogen) atoms. The van der Waals surface area contributed by atoms with E-state index in [1.54, 1.807) is 12.1 Å². The molecule has 9 heteroatoms. The van der Waals surface area contributed by atoms with Gasteiger partial charge in [-0.2, -0.15) is 0 Å². The van der Waals surface area contributed by atoms with Crippen molar-refractivity contribution in [2.24, 2.45) is 5.73 Å². The van der Waals surface area contributed by atoms with E-state index in [0.717, 1.165) is 0 Å². The molecule has 0 aromatic heterocycles. The first-order valence-electron chi connectivity index (χ1n) is 6.87. The Hall–Kier alpha value is -3.39. The van der Waals surface area contributed by atoms with Crippen molar-refractivity contribution in [1.82, 2.24) is 5.32 Å². The van der Waals surface area contributed by atoms with Crippen LogP contribution in [0.3, 0.4) is 0 Å². The number of fused-ring (bicyclic) bond motifs is 1. The van der Waals surface area contributed by atoms with Gasteiger partial charge in [-0.05, 0) is 42.5 Å². The molecule has 0 radical (unpaired) electrons. The van der Waals surface area contributed by atoms with Crippen molar-refractivity contribution in [3.05, 3.63) is 59.2 Å². The van der Waals surface area contributed by atoms with E-state index < -0.39 is 17.8 Å². The minimum atomic E-state index is -0.617. The summed E-state index contributed by atoms with van der Waals surface area (Å²) in [4.78, 5) is 35.2. The topological polar surface area (TPSA) is 134 Å². The van der Waals surface area contributed by atoms with E-state index in [0.29, 0.717) is 5.69 Å². The van der Waals surface area contributed by atoms with Gasteiger partial charge in [-0.1, -0.05) is 0 Å². The van der Waals surface area contributed by atoms with Gasteiger partial charge in [-0.25, -0.2) is 4.79 Å². The highest BCUT2D eigenvalue weighted by atomic mass is 35.5. The van der Waals surface area contributed by atoms with Gasteiger partial charge in [-0.3, -0.25) is 20.3 Å². The number of rotatable bonds is 3. The number of anilines is 1. The summed E-state index contributed by atoms with van der Waals surface area (Å²) in [6, 6.07) is 10.4. The highest BCUT2D eigenvalue weighted by Gasteiger charge is 2.27. The molecule has 2 aromatic rings. The number of hydrogen-bond donors (Lipinski definition) is 4. The molecule has 0 unspecified atom stereocenters. The number of ether oxygens (including phenoxy) is 1. The molecule has 0 fully saturated rings. The molecule has 0 saturated carbocycles. The van der Waals surface area contributed by atoms with Crippen LogP contribution in [0.15, 0.2) is 42.5 Å². The fourth-order valence-electron chi connectivity index (χ4n) is 2.22. The van der Waals surface area contributed by atoms with Crippen molar-refractivity contribution in [1.29, 1.82) is 5.41 Å². The summed E-state index contributed by atoms with van der Waals surface area (Å²) in [5.74, 6) is -1.66. The normalized spacial score (nSPS) is 11.8. The van der Waals surface area contributed by atoms with E-state index in [4.69, 9.17) is 15.9 Å². The van der Waals surface area contributed by atoms with Crippen molar-refractivity contribution >= 4 is 41.8 Å². The van der Waals surface area contributed by atoms with Crippen molar-refractivity contribution in [3.8, 4) is 5.75 Å². The number of benzene rings is 2. The number of imide groups is 1. The zero-order valence-corrected chi connectivity index (χ0v) is 13.5. The Balaban J connectivity index is 0.00000225. The van der Waals surface area contributed by atoms with Crippen molar-refractivity contribution in [3.63, 3.8) is 0 Å². The smallest absolute Gasteiger partial charge is 0.343 e. The molecule has 3 rings (SSSR count).